The van der Waals surface area contributed by atoms with Crippen LogP contribution in [0, 0.1) is 6.92 Å². The summed E-state index contributed by atoms with van der Waals surface area (Å²) in [6.07, 6.45) is -0.282. The zero-order valence-electron chi connectivity index (χ0n) is 13.5. The Hall–Kier alpha value is -1.63. The highest BCUT2D eigenvalue weighted by molar-refractivity contribution is 7.89. The first-order valence-corrected chi connectivity index (χ1v) is 9.00. The lowest BCUT2D eigenvalue weighted by Crippen LogP contribution is -2.56. The van der Waals surface area contributed by atoms with Gasteiger partial charge < -0.3 is 9.15 Å². The fourth-order valence-corrected chi connectivity index (χ4v) is 4.51. The van der Waals surface area contributed by atoms with Gasteiger partial charge in [-0.1, -0.05) is 30.3 Å². The molecule has 0 amide bonds. The average Bonchev–Trinajstić information content (AvgIpc) is 2.95. The summed E-state index contributed by atoms with van der Waals surface area (Å²) in [6.45, 7) is 6.05. The van der Waals surface area contributed by atoms with E-state index in [0.29, 0.717) is 12.4 Å². The quantitative estimate of drug-likeness (QED) is 0.865. The van der Waals surface area contributed by atoms with E-state index in [1.165, 1.54) is 10.4 Å². The molecule has 1 aliphatic heterocycles. The maximum atomic E-state index is 13.0. The molecule has 0 spiro atoms. The number of morpholine rings is 1. The molecule has 1 saturated heterocycles. The van der Waals surface area contributed by atoms with Crippen molar-refractivity contribution < 1.29 is 17.6 Å². The molecule has 1 aliphatic rings. The molecule has 1 aromatic carbocycles. The summed E-state index contributed by atoms with van der Waals surface area (Å²) < 4.78 is 38.7. The van der Waals surface area contributed by atoms with Crippen molar-refractivity contribution in [2.24, 2.45) is 0 Å². The Bertz CT molecular complexity index is 780. The number of hydrogen-bond donors (Lipinski definition) is 0. The monoisotopic (exact) mass is 335 g/mol. The van der Waals surface area contributed by atoms with Crippen LogP contribution in [0.1, 0.15) is 31.3 Å². The van der Waals surface area contributed by atoms with Gasteiger partial charge in [0.15, 0.2) is 0 Å². The fourth-order valence-electron chi connectivity index (χ4n) is 2.78. The Morgan fingerprint density at radius 3 is 2.43 bits per heavy atom. The number of hydrogen-bond acceptors (Lipinski definition) is 4. The van der Waals surface area contributed by atoms with Gasteiger partial charge in [-0.05, 0) is 38.5 Å². The summed E-state index contributed by atoms with van der Waals surface area (Å²) in [5.74, 6) is 0.578. The third-order valence-corrected chi connectivity index (χ3v) is 6.03. The molecule has 1 fully saturated rings. The smallest absolute Gasteiger partial charge is 0.277 e. The number of rotatable bonds is 3. The predicted molar refractivity (Wildman–Crippen MR) is 86.6 cm³/mol. The summed E-state index contributed by atoms with van der Waals surface area (Å²) in [5, 5.41) is -0.0169. The van der Waals surface area contributed by atoms with Gasteiger partial charge in [0.1, 0.15) is 5.76 Å². The first kappa shape index (κ1) is 16.2. The molecule has 1 unspecified atom stereocenters. The third kappa shape index (κ3) is 3.06. The van der Waals surface area contributed by atoms with Crippen molar-refractivity contribution in [2.45, 2.75) is 37.5 Å². The number of furan rings is 1. The van der Waals surface area contributed by atoms with E-state index in [4.69, 9.17) is 9.15 Å². The second kappa shape index (κ2) is 5.78. The molecule has 23 heavy (non-hydrogen) atoms. The van der Waals surface area contributed by atoms with E-state index in [9.17, 15) is 8.42 Å². The first-order valence-electron chi connectivity index (χ1n) is 7.56. The molecule has 2 aromatic rings. The molecule has 0 bridgehead atoms. The molecule has 0 aliphatic carbocycles. The van der Waals surface area contributed by atoms with E-state index in [1.54, 1.807) is 13.0 Å². The summed E-state index contributed by atoms with van der Waals surface area (Å²) in [7, 11) is -3.70. The van der Waals surface area contributed by atoms with E-state index in [-0.39, 0.29) is 17.7 Å². The lowest BCUT2D eigenvalue weighted by molar-refractivity contribution is -0.0659. The van der Waals surface area contributed by atoms with Gasteiger partial charge in [0.05, 0.1) is 18.2 Å². The highest BCUT2D eigenvalue weighted by Crippen LogP contribution is 2.34. The standard InChI is InChI=1S/C17H21NO4S/c1-13-9-10-16(22-13)23(19,20)18-11-15(21-12-17(18,2)3)14-7-5-4-6-8-14/h4-10,15H,11-12H2,1-3H3. The summed E-state index contributed by atoms with van der Waals surface area (Å²) in [6, 6.07) is 12.8. The van der Waals surface area contributed by atoms with Crippen LogP contribution in [-0.2, 0) is 14.8 Å². The highest BCUT2D eigenvalue weighted by Gasteiger charge is 2.44. The first-order chi connectivity index (χ1) is 10.8. The second-order valence-corrected chi connectivity index (χ2v) is 8.22. The second-order valence-electron chi connectivity index (χ2n) is 6.42. The minimum atomic E-state index is -3.70. The van der Waals surface area contributed by atoms with Crippen LogP contribution in [0.4, 0.5) is 0 Å². The maximum absolute atomic E-state index is 13.0. The van der Waals surface area contributed by atoms with Crippen LogP contribution >= 0.6 is 0 Å². The number of aryl methyl sites for hydroxylation is 1. The molecule has 0 saturated carbocycles. The largest absolute Gasteiger partial charge is 0.449 e. The molecular formula is C17H21NO4S. The van der Waals surface area contributed by atoms with Gasteiger partial charge in [-0.3, -0.25) is 0 Å². The highest BCUT2D eigenvalue weighted by atomic mass is 32.2. The van der Waals surface area contributed by atoms with Gasteiger partial charge in [-0.25, -0.2) is 8.42 Å². The van der Waals surface area contributed by atoms with Crippen LogP contribution in [0.25, 0.3) is 0 Å². The Kier molecular flexibility index (Phi) is 4.08. The normalized spacial score (nSPS) is 22.1. The van der Waals surface area contributed by atoms with Crippen molar-refractivity contribution in [2.75, 3.05) is 13.2 Å². The van der Waals surface area contributed by atoms with Crippen molar-refractivity contribution in [1.82, 2.24) is 4.31 Å². The van der Waals surface area contributed by atoms with Crippen LogP contribution in [0.15, 0.2) is 52.0 Å². The third-order valence-electron chi connectivity index (χ3n) is 4.08. The minimum Gasteiger partial charge on any atom is -0.449 e. The van der Waals surface area contributed by atoms with Gasteiger partial charge in [-0.2, -0.15) is 4.31 Å². The summed E-state index contributed by atoms with van der Waals surface area (Å²) in [4.78, 5) is 0. The van der Waals surface area contributed by atoms with Crippen LogP contribution in [0.2, 0.25) is 0 Å². The average molecular weight is 335 g/mol. The zero-order chi connectivity index (χ0) is 16.7. The minimum absolute atomic E-state index is 0.0169. The Labute approximate surface area is 136 Å². The summed E-state index contributed by atoms with van der Waals surface area (Å²) >= 11 is 0. The zero-order valence-corrected chi connectivity index (χ0v) is 14.3. The van der Waals surface area contributed by atoms with Gasteiger partial charge in [-0.15, -0.1) is 0 Å². The molecule has 1 atom stereocenters. The van der Waals surface area contributed by atoms with Gasteiger partial charge in [0, 0.05) is 6.54 Å². The molecule has 2 heterocycles. The van der Waals surface area contributed by atoms with Crippen molar-refractivity contribution in [3.63, 3.8) is 0 Å². The van der Waals surface area contributed by atoms with Gasteiger partial charge in [0.2, 0.25) is 5.09 Å². The van der Waals surface area contributed by atoms with Crippen molar-refractivity contribution >= 4 is 10.0 Å². The predicted octanol–water partition coefficient (Wildman–Crippen LogP) is 3.13. The van der Waals surface area contributed by atoms with Crippen molar-refractivity contribution in [1.29, 1.82) is 0 Å². The molecular weight excluding hydrogens is 314 g/mol. The van der Waals surface area contributed by atoms with E-state index in [1.807, 2.05) is 44.2 Å². The maximum Gasteiger partial charge on any atom is 0.277 e. The molecule has 3 rings (SSSR count). The number of ether oxygens (including phenoxy) is 1. The number of sulfonamides is 1. The Morgan fingerprint density at radius 1 is 1.13 bits per heavy atom. The van der Waals surface area contributed by atoms with Crippen molar-refractivity contribution in [3.05, 3.63) is 53.8 Å². The number of nitrogens with zero attached hydrogens (tertiary/aromatic N) is 1. The molecule has 0 N–H and O–H groups in total. The lowest BCUT2D eigenvalue weighted by Gasteiger charge is -2.43. The van der Waals surface area contributed by atoms with Gasteiger partial charge >= 0.3 is 0 Å². The molecule has 6 heteroatoms. The molecule has 124 valence electrons. The Balaban J connectivity index is 1.95. The van der Waals surface area contributed by atoms with Gasteiger partial charge in [0.25, 0.3) is 10.0 Å². The van der Waals surface area contributed by atoms with Crippen LogP contribution in [0.5, 0.6) is 0 Å². The van der Waals surface area contributed by atoms with Crippen LogP contribution in [0.3, 0.4) is 0 Å². The van der Waals surface area contributed by atoms with Crippen LogP contribution < -0.4 is 0 Å². The molecule has 5 nitrogen and oxygen atoms in total. The lowest BCUT2D eigenvalue weighted by atomic mass is 10.0. The molecule has 1 aromatic heterocycles. The van der Waals surface area contributed by atoms with Crippen LogP contribution in [-0.4, -0.2) is 31.4 Å². The van der Waals surface area contributed by atoms with E-state index in [0.717, 1.165) is 5.56 Å². The molecule has 0 radical (unpaired) electrons. The van der Waals surface area contributed by atoms with E-state index >= 15 is 0 Å². The topological polar surface area (TPSA) is 59.8 Å². The SMILES string of the molecule is Cc1ccc(S(=O)(=O)N2CC(c3ccccc3)OCC2(C)C)o1. The number of benzene rings is 1. The van der Waals surface area contributed by atoms with Crippen molar-refractivity contribution in [3.8, 4) is 0 Å². The van der Waals surface area contributed by atoms with E-state index in [2.05, 4.69) is 0 Å². The summed E-state index contributed by atoms with van der Waals surface area (Å²) in [5.41, 5.74) is 0.337. The Morgan fingerprint density at radius 2 is 1.83 bits per heavy atom. The van der Waals surface area contributed by atoms with E-state index < -0.39 is 15.6 Å². The fraction of sp³-hybridized carbons (Fsp3) is 0.412.